The Hall–Kier alpha value is -2.11. The van der Waals surface area contributed by atoms with Gasteiger partial charge in [-0.2, -0.15) is 0 Å². The average Bonchev–Trinajstić information content (AvgIpc) is 2.16. The zero-order chi connectivity index (χ0) is 12.3. The Morgan fingerprint density at radius 3 is 2.50 bits per heavy atom. The molecule has 0 saturated carbocycles. The number of anilines is 1. The van der Waals surface area contributed by atoms with Gasteiger partial charge in [0.25, 0.3) is 0 Å². The van der Waals surface area contributed by atoms with E-state index in [0.717, 1.165) is 6.07 Å². The first-order chi connectivity index (χ1) is 7.43. The fourth-order valence-electron chi connectivity index (χ4n) is 1.07. The van der Waals surface area contributed by atoms with Crippen LogP contribution in [0.3, 0.4) is 0 Å². The summed E-state index contributed by atoms with van der Waals surface area (Å²) in [5.74, 6) is -2.31. The summed E-state index contributed by atoms with van der Waals surface area (Å²) < 4.78 is 13.2. The van der Waals surface area contributed by atoms with E-state index < -0.39 is 23.4 Å². The second kappa shape index (κ2) is 4.61. The standard InChI is InChI=1S/C10H11FN2O3/c1-13(2)10(16)12-7-5-3-4-6(11)8(7)9(14)15/h3-5H,1-2H3,(H,12,16)(H,14,15). The number of amides is 2. The van der Waals surface area contributed by atoms with Crippen LogP contribution in [0.15, 0.2) is 18.2 Å². The van der Waals surface area contributed by atoms with Crippen LogP contribution in [0.1, 0.15) is 10.4 Å². The van der Waals surface area contributed by atoms with Crippen molar-refractivity contribution in [3.63, 3.8) is 0 Å². The number of carbonyl (C=O) groups is 2. The van der Waals surface area contributed by atoms with Gasteiger partial charge in [0.2, 0.25) is 0 Å². The van der Waals surface area contributed by atoms with Crippen LogP contribution in [-0.4, -0.2) is 36.1 Å². The summed E-state index contributed by atoms with van der Waals surface area (Å²) in [6.07, 6.45) is 0. The fraction of sp³-hybridized carbons (Fsp3) is 0.200. The van der Waals surface area contributed by atoms with E-state index in [-0.39, 0.29) is 5.69 Å². The molecule has 6 heteroatoms. The molecule has 0 heterocycles. The number of benzene rings is 1. The van der Waals surface area contributed by atoms with E-state index in [1.165, 1.54) is 31.1 Å². The molecule has 1 rings (SSSR count). The van der Waals surface area contributed by atoms with Gasteiger partial charge < -0.3 is 15.3 Å². The fourth-order valence-corrected chi connectivity index (χ4v) is 1.07. The summed E-state index contributed by atoms with van der Waals surface area (Å²) in [5, 5.41) is 11.1. The first-order valence-corrected chi connectivity index (χ1v) is 4.43. The number of nitrogens with zero attached hydrogens (tertiary/aromatic N) is 1. The Morgan fingerprint density at radius 2 is 2.00 bits per heavy atom. The van der Waals surface area contributed by atoms with Crippen molar-refractivity contribution in [1.29, 1.82) is 0 Å². The smallest absolute Gasteiger partial charge is 0.340 e. The minimum absolute atomic E-state index is 0.0637. The zero-order valence-electron chi connectivity index (χ0n) is 8.82. The number of carboxylic acid groups (broad SMARTS) is 1. The van der Waals surface area contributed by atoms with Gasteiger partial charge in [0.1, 0.15) is 11.4 Å². The molecule has 1 aromatic rings. The quantitative estimate of drug-likeness (QED) is 0.805. The van der Waals surface area contributed by atoms with Gasteiger partial charge in [0.15, 0.2) is 0 Å². The molecule has 86 valence electrons. The van der Waals surface area contributed by atoms with E-state index in [1.807, 2.05) is 0 Å². The lowest BCUT2D eigenvalue weighted by molar-refractivity contribution is 0.0693. The monoisotopic (exact) mass is 226 g/mol. The van der Waals surface area contributed by atoms with Gasteiger partial charge in [-0.05, 0) is 12.1 Å². The largest absolute Gasteiger partial charge is 0.478 e. The van der Waals surface area contributed by atoms with Gasteiger partial charge in [-0.3, -0.25) is 0 Å². The molecule has 0 atom stereocenters. The highest BCUT2D eigenvalue weighted by molar-refractivity contribution is 6.00. The lowest BCUT2D eigenvalue weighted by atomic mass is 10.1. The molecule has 0 bridgehead atoms. The molecule has 0 aromatic heterocycles. The molecule has 0 aliphatic heterocycles. The highest BCUT2D eigenvalue weighted by Crippen LogP contribution is 2.19. The van der Waals surface area contributed by atoms with Crippen molar-refractivity contribution in [1.82, 2.24) is 4.90 Å². The number of rotatable bonds is 2. The van der Waals surface area contributed by atoms with Gasteiger partial charge in [-0.25, -0.2) is 14.0 Å². The second-order valence-corrected chi connectivity index (χ2v) is 3.29. The molecule has 0 saturated heterocycles. The van der Waals surface area contributed by atoms with Crippen LogP contribution < -0.4 is 5.32 Å². The van der Waals surface area contributed by atoms with Crippen molar-refractivity contribution in [2.75, 3.05) is 19.4 Å². The van der Waals surface area contributed by atoms with Gasteiger partial charge in [0.05, 0.1) is 5.69 Å². The SMILES string of the molecule is CN(C)C(=O)Nc1cccc(F)c1C(=O)O. The van der Waals surface area contributed by atoms with Crippen LogP contribution in [-0.2, 0) is 0 Å². The number of hydrogen-bond acceptors (Lipinski definition) is 2. The van der Waals surface area contributed by atoms with Crippen LogP contribution in [0.4, 0.5) is 14.9 Å². The maximum atomic E-state index is 13.2. The van der Waals surface area contributed by atoms with Gasteiger partial charge >= 0.3 is 12.0 Å². The van der Waals surface area contributed by atoms with E-state index in [0.29, 0.717) is 0 Å². The molecule has 0 fully saturated rings. The Balaban J connectivity index is 3.09. The lowest BCUT2D eigenvalue weighted by Crippen LogP contribution is -2.28. The van der Waals surface area contributed by atoms with Crippen molar-refractivity contribution in [3.05, 3.63) is 29.6 Å². The Bertz CT molecular complexity index is 432. The first kappa shape index (κ1) is 12.0. The highest BCUT2D eigenvalue weighted by Gasteiger charge is 2.17. The molecular weight excluding hydrogens is 215 g/mol. The summed E-state index contributed by atoms with van der Waals surface area (Å²) in [6.45, 7) is 0. The summed E-state index contributed by atoms with van der Waals surface area (Å²) in [6, 6.07) is 3.16. The highest BCUT2D eigenvalue weighted by atomic mass is 19.1. The third-order valence-electron chi connectivity index (χ3n) is 1.88. The molecule has 0 spiro atoms. The number of carbonyl (C=O) groups excluding carboxylic acids is 1. The molecule has 0 unspecified atom stereocenters. The number of halogens is 1. The molecule has 2 N–H and O–H groups in total. The molecule has 0 aliphatic carbocycles. The number of carboxylic acids is 1. The van der Waals surface area contributed by atoms with Crippen LogP contribution in [0.2, 0.25) is 0 Å². The van der Waals surface area contributed by atoms with Crippen molar-refractivity contribution < 1.29 is 19.1 Å². The molecule has 16 heavy (non-hydrogen) atoms. The predicted molar refractivity (Wildman–Crippen MR) is 56.1 cm³/mol. The average molecular weight is 226 g/mol. The van der Waals surface area contributed by atoms with E-state index in [2.05, 4.69) is 5.32 Å². The molecule has 2 amide bonds. The number of urea groups is 1. The maximum Gasteiger partial charge on any atom is 0.340 e. The predicted octanol–water partition coefficient (Wildman–Crippen LogP) is 1.62. The summed E-state index contributed by atoms with van der Waals surface area (Å²) in [5.41, 5.74) is -0.607. The normalized spacial score (nSPS) is 9.69. The lowest BCUT2D eigenvalue weighted by Gasteiger charge is -2.13. The zero-order valence-corrected chi connectivity index (χ0v) is 8.82. The minimum Gasteiger partial charge on any atom is -0.478 e. The number of hydrogen-bond donors (Lipinski definition) is 2. The van der Waals surface area contributed by atoms with Crippen molar-refractivity contribution in [3.8, 4) is 0 Å². The Morgan fingerprint density at radius 1 is 1.38 bits per heavy atom. The Labute approximate surface area is 91.5 Å². The molecule has 5 nitrogen and oxygen atoms in total. The third kappa shape index (κ3) is 2.47. The minimum atomic E-state index is -1.42. The van der Waals surface area contributed by atoms with Crippen molar-refractivity contribution in [2.45, 2.75) is 0 Å². The van der Waals surface area contributed by atoms with E-state index in [1.54, 1.807) is 0 Å². The maximum absolute atomic E-state index is 13.2. The van der Waals surface area contributed by atoms with E-state index in [4.69, 9.17) is 5.11 Å². The molecular formula is C10H11FN2O3. The van der Waals surface area contributed by atoms with Crippen molar-refractivity contribution in [2.24, 2.45) is 0 Å². The topological polar surface area (TPSA) is 69.6 Å². The van der Waals surface area contributed by atoms with E-state index >= 15 is 0 Å². The summed E-state index contributed by atoms with van der Waals surface area (Å²) in [7, 11) is 2.99. The third-order valence-corrected chi connectivity index (χ3v) is 1.88. The summed E-state index contributed by atoms with van der Waals surface area (Å²) >= 11 is 0. The number of aromatic carboxylic acids is 1. The van der Waals surface area contributed by atoms with E-state index in [9.17, 15) is 14.0 Å². The molecule has 0 aliphatic rings. The second-order valence-electron chi connectivity index (χ2n) is 3.29. The summed E-state index contributed by atoms with van der Waals surface area (Å²) in [4.78, 5) is 23.3. The van der Waals surface area contributed by atoms with Crippen LogP contribution in [0.25, 0.3) is 0 Å². The van der Waals surface area contributed by atoms with Gasteiger partial charge in [-0.1, -0.05) is 6.07 Å². The Kier molecular flexibility index (Phi) is 3.44. The molecule has 0 radical (unpaired) electrons. The van der Waals surface area contributed by atoms with Crippen LogP contribution >= 0.6 is 0 Å². The number of nitrogens with one attached hydrogen (secondary N) is 1. The first-order valence-electron chi connectivity index (χ1n) is 4.43. The van der Waals surface area contributed by atoms with Crippen LogP contribution in [0.5, 0.6) is 0 Å². The van der Waals surface area contributed by atoms with Gasteiger partial charge in [0, 0.05) is 14.1 Å². The van der Waals surface area contributed by atoms with Crippen molar-refractivity contribution >= 4 is 17.7 Å². The van der Waals surface area contributed by atoms with Crippen LogP contribution in [0, 0.1) is 5.82 Å². The molecule has 1 aromatic carbocycles. The van der Waals surface area contributed by atoms with Gasteiger partial charge in [-0.15, -0.1) is 0 Å².